The maximum Gasteiger partial charge on any atom is 0.346 e. The summed E-state index contributed by atoms with van der Waals surface area (Å²) in [4.78, 5) is 25.8. The number of nitrogens with one attached hydrogen (secondary N) is 1. The average molecular weight is 267 g/mol. The van der Waals surface area contributed by atoms with Crippen molar-refractivity contribution >= 4 is 5.82 Å². The number of hydrogen-bond donors (Lipinski definition) is 1. The summed E-state index contributed by atoms with van der Waals surface area (Å²) in [7, 11) is 4.99. The van der Waals surface area contributed by atoms with Gasteiger partial charge in [-0.2, -0.15) is 0 Å². The molecule has 0 spiro atoms. The molecule has 0 saturated carbocycles. The molecule has 1 atom stereocenters. The van der Waals surface area contributed by atoms with Crippen molar-refractivity contribution in [1.29, 1.82) is 0 Å². The normalized spacial score (nSPS) is 19.7. The van der Waals surface area contributed by atoms with Crippen LogP contribution in [-0.4, -0.2) is 41.0 Å². The highest BCUT2D eigenvalue weighted by Gasteiger charge is 2.23. The second-order valence-corrected chi connectivity index (χ2v) is 5.11. The van der Waals surface area contributed by atoms with E-state index in [1.54, 1.807) is 7.05 Å². The van der Waals surface area contributed by atoms with E-state index < -0.39 is 5.69 Å². The molecule has 7 nitrogen and oxygen atoms in total. The van der Waals surface area contributed by atoms with Gasteiger partial charge in [-0.15, -0.1) is 5.10 Å². The van der Waals surface area contributed by atoms with Gasteiger partial charge in [0.1, 0.15) is 0 Å². The van der Waals surface area contributed by atoms with Crippen LogP contribution in [0.1, 0.15) is 12.8 Å². The Labute approximate surface area is 111 Å². The summed E-state index contributed by atoms with van der Waals surface area (Å²) in [5, 5.41) is 7.30. The minimum Gasteiger partial charge on any atom is -0.350 e. The first kappa shape index (κ1) is 13.8. The summed E-state index contributed by atoms with van der Waals surface area (Å²) in [6, 6.07) is 0. The van der Waals surface area contributed by atoms with Crippen LogP contribution < -0.4 is 21.5 Å². The van der Waals surface area contributed by atoms with Crippen molar-refractivity contribution in [3.63, 3.8) is 0 Å². The Morgan fingerprint density at radius 2 is 2.11 bits per heavy atom. The highest BCUT2D eigenvalue weighted by Crippen LogP contribution is 2.18. The maximum absolute atomic E-state index is 12.1. The topological polar surface area (TPSA) is 72.2 Å². The third-order valence-electron chi connectivity index (χ3n) is 3.62. The lowest BCUT2D eigenvalue weighted by molar-refractivity contribution is 0.397. The van der Waals surface area contributed by atoms with Crippen molar-refractivity contribution in [2.24, 2.45) is 20.0 Å². The Balaban J connectivity index is 2.32. The molecule has 0 amide bonds. The molecule has 106 valence electrons. The van der Waals surface area contributed by atoms with Crippen molar-refractivity contribution in [2.75, 3.05) is 31.6 Å². The van der Waals surface area contributed by atoms with Crippen LogP contribution in [0.25, 0.3) is 0 Å². The first-order valence-corrected chi connectivity index (χ1v) is 6.58. The molecule has 0 aliphatic carbocycles. The smallest absolute Gasteiger partial charge is 0.346 e. The fraction of sp³-hybridized carbons (Fsp3) is 0.750. The summed E-state index contributed by atoms with van der Waals surface area (Å²) in [6.45, 7) is 2.56. The zero-order valence-electron chi connectivity index (χ0n) is 11.7. The summed E-state index contributed by atoms with van der Waals surface area (Å²) in [5.74, 6) is 0.896. The Bertz CT molecular complexity index is 560. The van der Waals surface area contributed by atoms with Crippen molar-refractivity contribution in [2.45, 2.75) is 12.8 Å². The van der Waals surface area contributed by atoms with Gasteiger partial charge in [0.2, 0.25) is 5.82 Å². The minimum atomic E-state index is -0.391. The Kier molecular flexibility index (Phi) is 4.04. The van der Waals surface area contributed by atoms with Crippen molar-refractivity contribution in [3.05, 3.63) is 20.8 Å². The number of anilines is 1. The van der Waals surface area contributed by atoms with Crippen LogP contribution >= 0.6 is 0 Å². The Hall–Kier alpha value is -1.63. The average Bonchev–Trinajstić information content (AvgIpc) is 2.41. The van der Waals surface area contributed by atoms with Crippen LogP contribution in [0.2, 0.25) is 0 Å². The van der Waals surface area contributed by atoms with Gasteiger partial charge in [0, 0.05) is 27.2 Å². The number of aromatic nitrogens is 3. The van der Waals surface area contributed by atoms with Crippen LogP contribution in [0.3, 0.4) is 0 Å². The molecule has 1 aliphatic heterocycles. The van der Waals surface area contributed by atoms with E-state index in [0.717, 1.165) is 37.0 Å². The number of hydrogen-bond acceptors (Lipinski definition) is 5. The van der Waals surface area contributed by atoms with Crippen LogP contribution in [0.5, 0.6) is 0 Å². The maximum atomic E-state index is 12.1. The Morgan fingerprint density at radius 1 is 1.37 bits per heavy atom. The SMILES string of the molecule is CNCC1CCCN(c2nn(C)c(=O)n(C)c2=O)C1. The first-order chi connectivity index (χ1) is 9.04. The van der Waals surface area contributed by atoms with Gasteiger partial charge < -0.3 is 10.2 Å². The summed E-state index contributed by atoms with van der Waals surface area (Å²) >= 11 is 0. The summed E-state index contributed by atoms with van der Waals surface area (Å²) in [5.41, 5.74) is -0.703. The highest BCUT2D eigenvalue weighted by atomic mass is 16.2. The summed E-state index contributed by atoms with van der Waals surface area (Å²) < 4.78 is 2.34. The highest BCUT2D eigenvalue weighted by molar-refractivity contribution is 5.35. The number of aryl methyl sites for hydroxylation is 1. The van der Waals surface area contributed by atoms with Gasteiger partial charge in [0.05, 0.1) is 0 Å². The Morgan fingerprint density at radius 3 is 2.79 bits per heavy atom. The number of rotatable bonds is 3. The lowest BCUT2D eigenvalue weighted by Crippen LogP contribution is -2.47. The van der Waals surface area contributed by atoms with Gasteiger partial charge in [-0.3, -0.25) is 9.36 Å². The van der Waals surface area contributed by atoms with Gasteiger partial charge in [-0.25, -0.2) is 9.48 Å². The van der Waals surface area contributed by atoms with Crippen molar-refractivity contribution < 1.29 is 0 Å². The van der Waals surface area contributed by atoms with Crippen LogP contribution in [-0.2, 0) is 14.1 Å². The van der Waals surface area contributed by atoms with Gasteiger partial charge in [0.25, 0.3) is 5.56 Å². The zero-order chi connectivity index (χ0) is 14.0. The fourth-order valence-electron chi connectivity index (χ4n) is 2.59. The lowest BCUT2D eigenvalue weighted by Gasteiger charge is -2.33. The van der Waals surface area contributed by atoms with E-state index in [-0.39, 0.29) is 5.56 Å². The second kappa shape index (κ2) is 5.56. The number of nitrogens with zero attached hydrogens (tertiary/aromatic N) is 4. The third kappa shape index (κ3) is 2.70. The van der Waals surface area contributed by atoms with Gasteiger partial charge in [0.15, 0.2) is 0 Å². The van der Waals surface area contributed by atoms with Crippen LogP contribution in [0.15, 0.2) is 9.59 Å². The standard InChI is InChI=1S/C12H21N5O2/c1-13-7-9-5-4-6-17(8-9)10-11(18)15(2)12(19)16(3)14-10/h9,13H,4-8H2,1-3H3. The monoisotopic (exact) mass is 267 g/mol. The molecule has 0 bridgehead atoms. The molecule has 19 heavy (non-hydrogen) atoms. The van der Waals surface area contributed by atoms with E-state index >= 15 is 0 Å². The number of piperidine rings is 1. The van der Waals surface area contributed by atoms with E-state index in [1.807, 2.05) is 11.9 Å². The zero-order valence-corrected chi connectivity index (χ0v) is 11.7. The third-order valence-corrected chi connectivity index (χ3v) is 3.62. The molecule has 1 fully saturated rings. The molecular formula is C12H21N5O2. The molecule has 0 radical (unpaired) electrons. The van der Waals surface area contributed by atoms with Crippen LogP contribution in [0, 0.1) is 5.92 Å². The van der Waals surface area contributed by atoms with E-state index in [1.165, 1.54) is 11.7 Å². The molecule has 1 aromatic rings. The fourth-order valence-corrected chi connectivity index (χ4v) is 2.59. The van der Waals surface area contributed by atoms with E-state index in [9.17, 15) is 9.59 Å². The molecule has 1 unspecified atom stereocenters. The second-order valence-electron chi connectivity index (χ2n) is 5.11. The molecule has 1 aromatic heterocycles. The van der Waals surface area contributed by atoms with Crippen LogP contribution in [0.4, 0.5) is 5.82 Å². The van der Waals surface area contributed by atoms with E-state index in [0.29, 0.717) is 11.7 Å². The van der Waals surface area contributed by atoms with E-state index in [4.69, 9.17) is 0 Å². The molecule has 2 heterocycles. The van der Waals surface area contributed by atoms with Crippen molar-refractivity contribution in [3.8, 4) is 0 Å². The molecule has 1 N–H and O–H groups in total. The quantitative estimate of drug-likeness (QED) is 0.754. The lowest BCUT2D eigenvalue weighted by atomic mass is 9.98. The van der Waals surface area contributed by atoms with Crippen molar-refractivity contribution in [1.82, 2.24) is 19.7 Å². The predicted octanol–water partition coefficient (Wildman–Crippen LogP) is -1.09. The molecule has 0 aromatic carbocycles. The molecule has 1 aliphatic rings. The van der Waals surface area contributed by atoms with Gasteiger partial charge >= 0.3 is 5.69 Å². The molecular weight excluding hydrogens is 246 g/mol. The summed E-state index contributed by atoms with van der Waals surface area (Å²) in [6.07, 6.45) is 2.20. The van der Waals surface area contributed by atoms with Gasteiger partial charge in [-0.05, 0) is 32.4 Å². The molecule has 7 heteroatoms. The van der Waals surface area contributed by atoms with Gasteiger partial charge in [-0.1, -0.05) is 0 Å². The largest absolute Gasteiger partial charge is 0.350 e. The minimum absolute atomic E-state index is 0.312. The first-order valence-electron chi connectivity index (χ1n) is 6.58. The van der Waals surface area contributed by atoms with E-state index in [2.05, 4.69) is 10.4 Å². The predicted molar refractivity (Wildman–Crippen MR) is 73.6 cm³/mol. The molecule has 1 saturated heterocycles. The molecule has 2 rings (SSSR count).